The highest BCUT2D eigenvalue weighted by Gasteiger charge is 2.28. The third-order valence-corrected chi connectivity index (χ3v) is 5.00. The van der Waals surface area contributed by atoms with Crippen molar-refractivity contribution in [3.8, 4) is 0 Å². The molecule has 0 amide bonds. The van der Waals surface area contributed by atoms with Crippen molar-refractivity contribution in [3.05, 3.63) is 65.2 Å². The van der Waals surface area contributed by atoms with Gasteiger partial charge in [-0.15, -0.1) is 0 Å². The maximum absolute atomic E-state index is 5.77. The van der Waals surface area contributed by atoms with E-state index in [9.17, 15) is 0 Å². The molecule has 1 fully saturated rings. The predicted molar refractivity (Wildman–Crippen MR) is 106 cm³/mol. The van der Waals surface area contributed by atoms with Crippen LogP contribution < -0.4 is 5.32 Å². The number of piperazine rings is 1. The molecule has 1 heterocycles. The lowest BCUT2D eigenvalue weighted by Gasteiger charge is -2.42. The van der Waals surface area contributed by atoms with Gasteiger partial charge in [0, 0.05) is 25.3 Å². The number of hydrogen-bond donors (Lipinski definition) is 1. The van der Waals surface area contributed by atoms with Crippen LogP contribution in [0.2, 0.25) is 0 Å². The maximum atomic E-state index is 5.77. The summed E-state index contributed by atoms with van der Waals surface area (Å²) in [4.78, 5) is 4.70. The summed E-state index contributed by atoms with van der Waals surface area (Å²) in [5, 5.41) is 4.28. The minimum Gasteiger partial charge on any atom is -0.339 e. The van der Waals surface area contributed by atoms with E-state index in [-0.39, 0.29) is 6.04 Å². The molecule has 3 nitrogen and oxygen atoms in total. The third-order valence-electron chi connectivity index (χ3n) is 4.66. The van der Waals surface area contributed by atoms with Gasteiger partial charge in [-0.25, -0.2) is 0 Å². The first kappa shape index (κ1) is 16.9. The van der Waals surface area contributed by atoms with Gasteiger partial charge in [0.05, 0.1) is 6.04 Å². The summed E-state index contributed by atoms with van der Waals surface area (Å²) in [6.07, 6.45) is 0. The zero-order valence-corrected chi connectivity index (χ0v) is 15.4. The van der Waals surface area contributed by atoms with E-state index in [0.29, 0.717) is 0 Å². The van der Waals surface area contributed by atoms with E-state index in [1.165, 1.54) is 16.7 Å². The number of hydrogen-bond acceptors (Lipinski definition) is 2. The standard InChI is InChI=1S/C20H25N3S/c1-15-9-10-16(2)18(13-15)21-20(24)23-12-11-22(3)14-19(23)17-7-5-4-6-8-17/h4-10,13,19H,11-12,14H2,1-3H3,(H,21,24)/t19-/m0/s1. The quantitative estimate of drug-likeness (QED) is 0.834. The lowest BCUT2D eigenvalue weighted by Crippen LogP contribution is -2.50. The summed E-state index contributed by atoms with van der Waals surface area (Å²) in [6.45, 7) is 7.17. The van der Waals surface area contributed by atoms with Crippen LogP contribution in [0.4, 0.5) is 5.69 Å². The Labute approximate surface area is 150 Å². The van der Waals surface area contributed by atoms with Gasteiger partial charge in [-0.2, -0.15) is 0 Å². The van der Waals surface area contributed by atoms with Crippen LogP contribution >= 0.6 is 12.2 Å². The van der Waals surface area contributed by atoms with E-state index < -0.39 is 0 Å². The van der Waals surface area contributed by atoms with Crippen molar-refractivity contribution in [1.82, 2.24) is 9.80 Å². The van der Waals surface area contributed by atoms with Crippen LogP contribution in [0.5, 0.6) is 0 Å². The molecular weight excluding hydrogens is 314 g/mol. The van der Waals surface area contributed by atoms with Gasteiger partial charge >= 0.3 is 0 Å². The van der Waals surface area contributed by atoms with Crippen LogP contribution in [0.3, 0.4) is 0 Å². The van der Waals surface area contributed by atoms with E-state index in [2.05, 4.69) is 84.5 Å². The number of benzene rings is 2. The molecule has 2 aromatic carbocycles. The highest BCUT2D eigenvalue weighted by Crippen LogP contribution is 2.26. The normalized spacial score (nSPS) is 18.5. The minimum atomic E-state index is 0.287. The fraction of sp³-hybridized carbons (Fsp3) is 0.350. The summed E-state index contributed by atoms with van der Waals surface area (Å²) in [6, 6.07) is 17.4. The Hall–Kier alpha value is -1.91. The molecule has 1 saturated heterocycles. The molecule has 1 aliphatic heterocycles. The summed E-state index contributed by atoms with van der Waals surface area (Å²) >= 11 is 5.77. The summed E-state index contributed by atoms with van der Waals surface area (Å²) in [5.41, 5.74) is 4.87. The minimum absolute atomic E-state index is 0.287. The lowest BCUT2D eigenvalue weighted by molar-refractivity contribution is 0.153. The Bertz CT molecular complexity index is 714. The van der Waals surface area contributed by atoms with Gasteiger partial charge in [-0.3, -0.25) is 0 Å². The van der Waals surface area contributed by atoms with Gasteiger partial charge in [0.25, 0.3) is 0 Å². The largest absolute Gasteiger partial charge is 0.339 e. The van der Waals surface area contributed by atoms with Gasteiger partial charge in [0.1, 0.15) is 0 Å². The number of nitrogens with one attached hydrogen (secondary N) is 1. The molecule has 4 heteroatoms. The number of nitrogens with zero attached hydrogens (tertiary/aromatic N) is 2. The SMILES string of the molecule is Cc1ccc(C)c(NC(=S)N2CCN(C)C[C@H]2c2ccccc2)c1. The van der Waals surface area contributed by atoms with Crippen molar-refractivity contribution in [2.24, 2.45) is 0 Å². The molecule has 1 aliphatic rings. The van der Waals surface area contributed by atoms with Crippen molar-refractivity contribution in [3.63, 3.8) is 0 Å². The Morgan fingerprint density at radius 1 is 1.08 bits per heavy atom. The van der Waals surface area contributed by atoms with E-state index in [4.69, 9.17) is 12.2 Å². The Morgan fingerprint density at radius 2 is 1.83 bits per heavy atom. The van der Waals surface area contributed by atoms with Crippen LogP contribution in [0, 0.1) is 13.8 Å². The third kappa shape index (κ3) is 3.77. The zero-order valence-electron chi connectivity index (χ0n) is 14.6. The smallest absolute Gasteiger partial charge is 0.174 e. The zero-order chi connectivity index (χ0) is 17.1. The number of rotatable bonds is 2. The molecule has 0 saturated carbocycles. The first-order valence-electron chi connectivity index (χ1n) is 8.43. The summed E-state index contributed by atoms with van der Waals surface area (Å²) in [5.74, 6) is 0. The van der Waals surface area contributed by atoms with E-state index in [1.807, 2.05) is 0 Å². The Kier molecular flexibility index (Phi) is 5.17. The second-order valence-corrected chi connectivity index (χ2v) is 7.02. The van der Waals surface area contributed by atoms with Crippen LogP contribution in [0.25, 0.3) is 0 Å². The molecule has 1 atom stereocenters. The lowest BCUT2D eigenvalue weighted by atomic mass is 10.0. The molecule has 2 aromatic rings. The van der Waals surface area contributed by atoms with Gasteiger partial charge in [0.15, 0.2) is 5.11 Å². The monoisotopic (exact) mass is 339 g/mol. The average molecular weight is 340 g/mol. The van der Waals surface area contributed by atoms with Gasteiger partial charge < -0.3 is 15.1 Å². The fourth-order valence-electron chi connectivity index (χ4n) is 3.18. The molecule has 1 N–H and O–H groups in total. The topological polar surface area (TPSA) is 18.5 Å². The molecule has 0 bridgehead atoms. The number of aryl methyl sites for hydroxylation is 2. The molecular formula is C20H25N3S. The van der Waals surface area contributed by atoms with Crippen LogP contribution in [-0.4, -0.2) is 41.6 Å². The number of thiocarbonyl (C=S) groups is 1. The molecule has 0 unspecified atom stereocenters. The van der Waals surface area contributed by atoms with Crippen molar-refractivity contribution < 1.29 is 0 Å². The predicted octanol–water partition coefficient (Wildman–Crippen LogP) is 3.99. The van der Waals surface area contributed by atoms with Crippen LogP contribution in [0.1, 0.15) is 22.7 Å². The van der Waals surface area contributed by atoms with E-state index in [0.717, 1.165) is 30.4 Å². The summed E-state index contributed by atoms with van der Waals surface area (Å²) < 4.78 is 0. The van der Waals surface area contributed by atoms with Gasteiger partial charge in [0.2, 0.25) is 0 Å². The van der Waals surface area contributed by atoms with Crippen molar-refractivity contribution in [2.75, 3.05) is 32.0 Å². The van der Waals surface area contributed by atoms with Crippen molar-refractivity contribution in [1.29, 1.82) is 0 Å². The Morgan fingerprint density at radius 3 is 2.58 bits per heavy atom. The van der Waals surface area contributed by atoms with E-state index >= 15 is 0 Å². The number of anilines is 1. The van der Waals surface area contributed by atoms with Crippen LogP contribution in [0.15, 0.2) is 48.5 Å². The van der Waals surface area contributed by atoms with Crippen molar-refractivity contribution >= 4 is 23.0 Å². The maximum Gasteiger partial charge on any atom is 0.174 e. The molecule has 0 aliphatic carbocycles. The average Bonchev–Trinajstić information content (AvgIpc) is 2.58. The first-order chi connectivity index (χ1) is 11.5. The van der Waals surface area contributed by atoms with Gasteiger partial charge in [-0.1, -0.05) is 42.5 Å². The fourth-order valence-corrected chi connectivity index (χ4v) is 3.51. The highest BCUT2D eigenvalue weighted by atomic mass is 32.1. The molecule has 0 aromatic heterocycles. The molecule has 3 rings (SSSR count). The second kappa shape index (κ2) is 7.32. The molecule has 24 heavy (non-hydrogen) atoms. The van der Waals surface area contributed by atoms with Gasteiger partial charge in [-0.05, 0) is 55.9 Å². The molecule has 126 valence electrons. The van der Waals surface area contributed by atoms with E-state index in [1.54, 1.807) is 0 Å². The number of likely N-dealkylation sites (N-methyl/N-ethyl adjacent to an activating group) is 1. The van der Waals surface area contributed by atoms with Crippen LogP contribution in [-0.2, 0) is 0 Å². The summed E-state index contributed by atoms with van der Waals surface area (Å²) in [7, 11) is 2.18. The first-order valence-corrected chi connectivity index (χ1v) is 8.84. The second-order valence-electron chi connectivity index (χ2n) is 6.63. The molecule has 0 spiro atoms. The highest BCUT2D eigenvalue weighted by molar-refractivity contribution is 7.80. The molecule has 0 radical (unpaired) electrons. The van der Waals surface area contributed by atoms with Crippen molar-refractivity contribution in [2.45, 2.75) is 19.9 Å². The Balaban J connectivity index is 1.82.